The van der Waals surface area contributed by atoms with Crippen LogP contribution in [0.1, 0.15) is 22.7 Å². The van der Waals surface area contributed by atoms with Gasteiger partial charge >= 0.3 is 6.18 Å². The van der Waals surface area contributed by atoms with Crippen LogP contribution < -0.4 is 5.73 Å². The number of hydrogen-bond donors (Lipinski definition) is 1. The summed E-state index contributed by atoms with van der Waals surface area (Å²) in [4.78, 5) is 0. The molecule has 21 heavy (non-hydrogen) atoms. The minimum absolute atomic E-state index is 0.288. The van der Waals surface area contributed by atoms with Crippen LogP contribution in [0.25, 0.3) is 0 Å². The van der Waals surface area contributed by atoms with E-state index < -0.39 is 11.7 Å². The molecule has 1 nitrogen and oxygen atoms in total. The second-order valence-corrected chi connectivity index (χ2v) is 6.44. The predicted octanol–water partition coefficient (Wildman–Crippen LogP) is 5.47. The average molecular weight is 423 g/mol. The van der Waals surface area contributed by atoms with Gasteiger partial charge in [-0.15, -0.1) is 0 Å². The third-order valence-electron chi connectivity index (χ3n) is 3.10. The predicted molar refractivity (Wildman–Crippen MR) is 83.9 cm³/mol. The smallest absolute Gasteiger partial charge is 0.324 e. The van der Waals surface area contributed by atoms with Crippen LogP contribution in [0, 0.1) is 0 Å². The molecule has 112 valence electrons. The van der Waals surface area contributed by atoms with Gasteiger partial charge in [0.2, 0.25) is 0 Å². The number of alkyl halides is 3. The lowest BCUT2D eigenvalue weighted by atomic mass is 9.99. The summed E-state index contributed by atoms with van der Waals surface area (Å²) in [5, 5.41) is 0. The van der Waals surface area contributed by atoms with Crippen LogP contribution >= 0.6 is 31.9 Å². The van der Waals surface area contributed by atoms with Crippen LogP contribution in [0.2, 0.25) is 0 Å². The van der Waals surface area contributed by atoms with Crippen molar-refractivity contribution in [3.63, 3.8) is 0 Å². The molecule has 1 unspecified atom stereocenters. The van der Waals surface area contributed by atoms with Gasteiger partial charge in [0.1, 0.15) is 0 Å². The van der Waals surface area contributed by atoms with E-state index in [0.29, 0.717) is 6.42 Å². The minimum atomic E-state index is -4.31. The van der Waals surface area contributed by atoms with Gasteiger partial charge in [-0.1, -0.05) is 50.1 Å². The van der Waals surface area contributed by atoms with Gasteiger partial charge in [0, 0.05) is 15.0 Å². The zero-order valence-electron chi connectivity index (χ0n) is 10.8. The van der Waals surface area contributed by atoms with Gasteiger partial charge in [-0.2, -0.15) is 13.2 Å². The highest BCUT2D eigenvalue weighted by Gasteiger charge is 2.29. The molecule has 2 aromatic carbocycles. The van der Waals surface area contributed by atoms with Gasteiger partial charge in [0.05, 0.1) is 5.56 Å². The molecule has 0 saturated heterocycles. The van der Waals surface area contributed by atoms with Crippen LogP contribution in [-0.4, -0.2) is 0 Å². The van der Waals surface area contributed by atoms with E-state index in [1.807, 2.05) is 18.2 Å². The third-order valence-corrected chi connectivity index (χ3v) is 4.28. The molecule has 0 aliphatic carbocycles. The number of benzene rings is 2. The maximum absolute atomic E-state index is 12.5. The summed E-state index contributed by atoms with van der Waals surface area (Å²) < 4.78 is 39.3. The second kappa shape index (κ2) is 6.50. The Labute approximate surface area is 137 Å². The van der Waals surface area contributed by atoms with E-state index >= 15 is 0 Å². The quantitative estimate of drug-likeness (QED) is 0.696. The Hall–Kier alpha value is -0.850. The first-order chi connectivity index (χ1) is 9.77. The molecule has 1 atom stereocenters. The van der Waals surface area contributed by atoms with Crippen LogP contribution in [0.15, 0.2) is 51.4 Å². The first-order valence-electron chi connectivity index (χ1n) is 6.14. The lowest BCUT2D eigenvalue weighted by molar-refractivity contribution is -0.137. The topological polar surface area (TPSA) is 26.0 Å². The van der Waals surface area contributed by atoms with Gasteiger partial charge in [-0.25, -0.2) is 0 Å². The molecule has 0 aliphatic heterocycles. The van der Waals surface area contributed by atoms with Gasteiger partial charge in [0.25, 0.3) is 0 Å². The summed E-state index contributed by atoms with van der Waals surface area (Å²) in [5.41, 5.74) is 7.17. The van der Waals surface area contributed by atoms with Crippen LogP contribution in [0.3, 0.4) is 0 Å². The summed E-state index contributed by atoms with van der Waals surface area (Å²) in [6.07, 6.45) is -3.84. The van der Waals surface area contributed by atoms with Gasteiger partial charge in [-0.05, 0) is 41.8 Å². The highest BCUT2D eigenvalue weighted by Crippen LogP contribution is 2.31. The van der Waals surface area contributed by atoms with Crippen molar-refractivity contribution in [2.75, 3.05) is 0 Å². The van der Waals surface area contributed by atoms with E-state index in [2.05, 4.69) is 31.9 Å². The van der Waals surface area contributed by atoms with Crippen molar-refractivity contribution < 1.29 is 13.2 Å². The lowest BCUT2D eigenvalue weighted by Crippen LogP contribution is -2.14. The van der Waals surface area contributed by atoms with Crippen LogP contribution in [0.4, 0.5) is 13.2 Å². The molecule has 0 heterocycles. The Bertz CT molecular complexity index is 624. The van der Waals surface area contributed by atoms with Crippen LogP contribution in [-0.2, 0) is 12.6 Å². The molecular formula is C15H12Br2F3N. The first-order valence-corrected chi connectivity index (χ1v) is 7.72. The maximum atomic E-state index is 12.5. The molecular weight excluding hydrogens is 411 g/mol. The van der Waals surface area contributed by atoms with Gasteiger partial charge < -0.3 is 5.73 Å². The molecule has 0 radical (unpaired) electrons. The van der Waals surface area contributed by atoms with E-state index in [1.54, 1.807) is 0 Å². The normalized spacial score (nSPS) is 13.2. The van der Waals surface area contributed by atoms with E-state index in [1.165, 1.54) is 12.1 Å². The Morgan fingerprint density at radius 3 is 2.14 bits per heavy atom. The highest BCUT2D eigenvalue weighted by molar-refractivity contribution is 9.11. The van der Waals surface area contributed by atoms with Crippen LogP contribution in [0.5, 0.6) is 0 Å². The molecule has 0 amide bonds. The van der Waals surface area contributed by atoms with Crippen molar-refractivity contribution in [3.8, 4) is 0 Å². The average Bonchev–Trinajstić information content (AvgIpc) is 2.38. The van der Waals surface area contributed by atoms with Gasteiger partial charge in [0.15, 0.2) is 0 Å². The van der Waals surface area contributed by atoms with E-state index in [4.69, 9.17) is 5.73 Å². The molecule has 0 spiro atoms. The number of nitrogens with two attached hydrogens (primary N) is 1. The largest absolute Gasteiger partial charge is 0.416 e. The summed E-state index contributed by atoms with van der Waals surface area (Å²) >= 11 is 6.80. The Balaban J connectivity index is 2.14. The molecule has 2 N–H and O–H groups in total. The molecule has 6 heteroatoms. The molecule has 0 aromatic heterocycles. The summed E-state index contributed by atoms with van der Waals surface area (Å²) in [6.45, 7) is 0. The molecule has 0 saturated carbocycles. The SMILES string of the molecule is NC(Cc1ccc(C(F)(F)F)cc1)c1ccc(Br)cc1Br. The summed E-state index contributed by atoms with van der Waals surface area (Å²) in [5.74, 6) is 0. The van der Waals surface area contributed by atoms with Crippen molar-refractivity contribution in [1.82, 2.24) is 0 Å². The number of hydrogen-bond acceptors (Lipinski definition) is 1. The third kappa shape index (κ3) is 4.31. The Morgan fingerprint density at radius 1 is 1.00 bits per heavy atom. The fraction of sp³-hybridized carbons (Fsp3) is 0.200. The van der Waals surface area contributed by atoms with Gasteiger partial charge in [-0.3, -0.25) is 0 Å². The highest BCUT2D eigenvalue weighted by atomic mass is 79.9. The molecule has 0 fully saturated rings. The standard InChI is InChI=1S/C15H12Br2F3N/c16-11-5-6-12(13(17)8-11)14(21)7-9-1-3-10(4-2-9)15(18,19)20/h1-6,8,14H,7,21H2. The zero-order chi connectivity index (χ0) is 15.6. The fourth-order valence-corrected chi connectivity index (χ4v) is 3.34. The first kappa shape index (κ1) is 16.5. The van der Waals surface area contributed by atoms with Crippen molar-refractivity contribution >= 4 is 31.9 Å². The van der Waals surface area contributed by atoms with E-state index in [0.717, 1.165) is 32.2 Å². The van der Waals surface area contributed by atoms with Crippen molar-refractivity contribution in [2.24, 2.45) is 5.73 Å². The monoisotopic (exact) mass is 421 g/mol. The molecule has 0 bridgehead atoms. The Morgan fingerprint density at radius 2 is 1.62 bits per heavy atom. The Kier molecular flexibility index (Phi) is 5.11. The molecule has 2 aromatic rings. The fourth-order valence-electron chi connectivity index (χ4n) is 2.00. The van der Waals surface area contributed by atoms with Crippen molar-refractivity contribution in [3.05, 3.63) is 68.1 Å². The number of halogens is 5. The summed E-state index contributed by atoms with van der Waals surface area (Å²) in [6, 6.07) is 10.5. The van der Waals surface area contributed by atoms with E-state index in [-0.39, 0.29) is 6.04 Å². The molecule has 0 aliphatic rings. The molecule has 2 rings (SSSR count). The minimum Gasteiger partial charge on any atom is -0.324 e. The zero-order valence-corrected chi connectivity index (χ0v) is 14.0. The van der Waals surface area contributed by atoms with Crippen molar-refractivity contribution in [2.45, 2.75) is 18.6 Å². The second-order valence-electron chi connectivity index (χ2n) is 4.67. The number of rotatable bonds is 3. The lowest BCUT2D eigenvalue weighted by Gasteiger charge is -2.15. The maximum Gasteiger partial charge on any atom is 0.416 e. The van der Waals surface area contributed by atoms with Crippen molar-refractivity contribution in [1.29, 1.82) is 0 Å². The van der Waals surface area contributed by atoms with E-state index in [9.17, 15) is 13.2 Å². The summed E-state index contributed by atoms with van der Waals surface area (Å²) in [7, 11) is 0.